The fourth-order valence-electron chi connectivity index (χ4n) is 2.26. The number of hydrogen-bond acceptors (Lipinski definition) is 3. The third-order valence-electron chi connectivity index (χ3n) is 3.93. The van der Waals surface area contributed by atoms with Crippen LogP contribution in [0.4, 0.5) is 0 Å². The molecule has 0 spiro atoms. The standard InChI is InChI=1S/C20H26O3/c1-4-16(2)17-9-11-18(12-10-17)22-13-6-14-23-20-8-5-7-19(15-20)21-3/h5,7-12,15-16H,4,6,13-14H2,1-3H3/t16-/m1/s1. The van der Waals surface area contributed by atoms with Crippen molar-refractivity contribution in [2.75, 3.05) is 20.3 Å². The van der Waals surface area contributed by atoms with E-state index in [1.54, 1.807) is 7.11 Å². The summed E-state index contributed by atoms with van der Waals surface area (Å²) in [5.41, 5.74) is 1.36. The predicted molar refractivity (Wildman–Crippen MR) is 93.7 cm³/mol. The monoisotopic (exact) mass is 314 g/mol. The van der Waals surface area contributed by atoms with Crippen LogP contribution in [-0.4, -0.2) is 20.3 Å². The molecular formula is C20H26O3. The Labute approximate surface area is 139 Å². The maximum Gasteiger partial charge on any atom is 0.122 e. The third-order valence-corrected chi connectivity index (χ3v) is 3.93. The van der Waals surface area contributed by atoms with Crippen LogP contribution in [0.3, 0.4) is 0 Å². The highest BCUT2D eigenvalue weighted by molar-refractivity contribution is 5.32. The summed E-state index contributed by atoms with van der Waals surface area (Å²) in [7, 11) is 1.65. The number of rotatable bonds is 9. The van der Waals surface area contributed by atoms with Crippen LogP contribution in [0.15, 0.2) is 48.5 Å². The minimum Gasteiger partial charge on any atom is -0.497 e. The third kappa shape index (κ3) is 5.51. The Balaban J connectivity index is 1.69. The van der Waals surface area contributed by atoms with Gasteiger partial charge in [-0.25, -0.2) is 0 Å². The van der Waals surface area contributed by atoms with Crippen molar-refractivity contribution in [3.8, 4) is 17.2 Å². The molecule has 0 amide bonds. The average molecular weight is 314 g/mol. The summed E-state index contributed by atoms with van der Waals surface area (Å²) in [6.07, 6.45) is 1.99. The first-order chi connectivity index (χ1) is 11.2. The molecule has 0 N–H and O–H groups in total. The minimum absolute atomic E-state index is 0.598. The molecule has 0 aliphatic rings. The summed E-state index contributed by atoms with van der Waals surface area (Å²) in [6.45, 7) is 5.72. The molecule has 2 aromatic rings. The molecule has 0 aliphatic heterocycles. The number of benzene rings is 2. The Bertz CT molecular complexity index is 578. The van der Waals surface area contributed by atoms with E-state index in [9.17, 15) is 0 Å². The molecule has 3 nitrogen and oxygen atoms in total. The van der Waals surface area contributed by atoms with Crippen LogP contribution in [0.25, 0.3) is 0 Å². The van der Waals surface area contributed by atoms with Gasteiger partial charge >= 0.3 is 0 Å². The van der Waals surface area contributed by atoms with Crippen molar-refractivity contribution < 1.29 is 14.2 Å². The van der Waals surface area contributed by atoms with Crippen molar-refractivity contribution in [3.05, 3.63) is 54.1 Å². The summed E-state index contributed by atoms with van der Waals surface area (Å²) in [5, 5.41) is 0. The molecule has 2 aromatic carbocycles. The molecular weight excluding hydrogens is 288 g/mol. The summed E-state index contributed by atoms with van der Waals surface area (Å²) < 4.78 is 16.6. The molecule has 0 unspecified atom stereocenters. The molecule has 124 valence electrons. The van der Waals surface area contributed by atoms with Gasteiger partial charge in [0, 0.05) is 12.5 Å². The molecule has 0 saturated carbocycles. The lowest BCUT2D eigenvalue weighted by atomic mass is 9.99. The summed E-state index contributed by atoms with van der Waals surface area (Å²) in [5.74, 6) is 3.14. The second-order valence-corrected chi connectivity index (χ2v) is 5.61. The van der Waals surface area contributed by atoms with E-state index in [1.165, 1.54) is 5.56 Å². The first-order valence-electron chi connectivity index (χ1n) is 8.22. The van der Waals surface area contributed by atoms with E-state index in [0.29, 0.717) is 19.1 Å². The van der Waals surface area contributed by atoms with Gasteiger partial charge in [0.05, 0.1) is 20.3 Å². The summed E-state index contributed by atoms with van der Waals surface area (Å²) in [6, 6.07) is 16.0. The molecule has 0 heterocycles. The molecule has 0 aliphatic carbocycles. The van der Waals surface area contributed by atoms with Gasteiger partial charge in [-0.2, -0.15) is 0 Å². The number of hydrogen-bond donors (Lipinski definition) is 0. The lowest BCUT2D eigenvalue weighted by Gasteiger charge is -2.11. The van der Waals surface area contributed by atoms with Gasteiger partial charge in [-0.05, 0) is 42.2 Å². The van der Waals surface area contributed by atoms with E-state index < -0.39 is 0 Å². The van der Waals surface area contributed by atoms with E-state index in [-0.39, 0.29) is 0 Å². The minimum atomic E-state index is 0.598. The van der Waals surface area contributed by atoms with Gasteiger partial charge in [-0.3, -0.25) is 0 Å². The van der Waals surface area contributed by atoms with Crippen molar-refractivity contribution >= 4 is 0 Å². The van der Waals surface area contributed by atoms with Crippen molar-refractivity contribution in [1.82, 2.24) is 0 Å². The van der Waals surface area contributed by atoms with Crippen LogP contribution in [0, 0.1) is 0 Å². The van der Waals surface area contributed by atoms with Crippen LogP contribution in [0.1, 0.15) is 38.2 Å². The van der Waals surface area contributed by atoms with Crippen LogP contribution in [0.5, 0.6) is 17.2 Å². The zero-order valence-corrected chi connectivity index (χ0v) is 14.2. The molecule has 23 heavy (non-hydrogen) atoms. The predicted octanol–water partition coefficient (Wildman–Crippen LogP) is 5.06. The topological polar surface area (TPSA) is 27.7 Å². The van der Waals surface area contributed by atoms with Gasteiger partial charge in [-0.1, -0.05) is 32.0 Å². The SMILES string of the molecule is CC[C@@H](C)c1ccc(OCCCOc2cccc(OC)c2)cc1. The second-order valence-electron chi connectivity index (χ2n) is 5.61. The van der Waals surface area contributed by atoms with E-state index in [4.69, 9.17) is 14.2 Å². The molecule has 0 bridgehead atoms. The Morgan fingerprint density at radius 1 is 0.870 bits per heavy atom. The molecule has 1 atom stereocenters. The van der Waals surface area contributed by atoms with E-state index in [1.807, 2.05) is 36.4 Å². The average Bonchev–Trinajstić information content (AvgIpc) is 2.61. The summed E-state index contributed by atoms with van der Waals surface area (Å²) in [4.78, 5) is 0. The quantitative estimate of drug-likeness (QED) is 0.606. The molecule has 2 rings (SSSR count). The molecule has 0 aromatic heterocycles. The maximum absolute atomic E-state index is 5.75. The van der Waals surface area contributed by atoms with Gasteiger partial charge in [0.2, 0.25) is 0 Å². The Kier molecular flexibility index (Phi) is 6.79. The molecule has 3 heteroatoms. The Hall–Kier alpha value is -2.16. The normalized spacial score (nSPS) is 11.8. The lowest BCUT2D eigenvalue weighted by Crippen LogP contribution is -2.05. The second kappa shape index (κ2) is 9.09. The van der Waals surface area contributed by atoms with Crippen molar-refractivity contribution in [1.29, 1.82) is 0 Å². The summed E-state index contributed by atoms with van der Waals surface area (Å²) >= 11 is 0. The number of ether oxygens (including phenoxy) is 3. The van der Waals surface area contributed by atoms with Gasteiger partial charge in [-0.15, -0.1) is 0 Å². The Morgan fingerprint density at radius 2 is 1.52 bits per heavy atom. The van der Waals surface area contributed by atoms with Crippen LogP contribution in [0.2, 0.25) is 0 Å². The van der Waals surface area contributed by atoms with Crippen LogP contribution < -0.4 is 14.2 Å². The first kappa shape index (κ1) is 17.2. The van der Waals surface area contributed by atoms with Gasteiger partial charge in [0.1, 0.15) is 17.2 Å². The highest BCUT2D eigenvalue weighted by atomic mass is 16.5. The van der Waals surface area contributed by atoms with E-state index >= 15 is 0 Å². The van der Waals surface area contributed by atoms with Gasteiger partial charge in [0.25, 0.3) is 0 Å². The van der Waals surface area contributed by atoms with Gasteiger partial charge in [0.15, 0.2) is 0 Å². The zero-order valence-electron chi connectivity index (χ0n) is 14.2. The zero-order chi connectivity index (χ0) is 16.5. The smallest absolute Gasteiger partial charge is 0.122 e. The molecule has 0 fully saturated rings. The highest BCUT2D eigenvalue weighted by Gasteiger charge is 2.03. The van der Waals surface area contributed by atoms with Crippen LogP contribution in [-0.2, 0) is 0 Å². The largest absolute Gasteiger partial charge is 0.497 e. The first-order valence-corrected chi connectivity index (χ1v) is 8.22. The molecule has 0 radical (unpaired) electrons. The highest BCUT2D eigenvalue weighted by Crippen LogP contribution is 2.22. The Morgan fingerprint density at radius 3 is 2.17 bits per heavy atom. The van der Waals surface area contributed by atoms with Crippen LogP contribution >= 0.6 is 0 Å². The van der Waals surface area contributed by atoms with Crippen molar-refractivity contribution in [2.24, 2.45) is 0 Å². The fraction of sp³-hybridized carbons (Fsp3) is 0.400. The fourth-order valence-corrected chi connectivity index (χ4v) is 2.26. The van der Waals surface area contributed by atoms with Gasteiger partial charge < -0.3 is 14.2 Å². The van der Waals surface area contributed by atoms with Crippen molar-refractivity contribution in [3.63, 3.8) is 0 Å². The van der Waals surface area contributed by atoms with E-state index in [2.05, 4.69) is 26.0 Å². The maximum atomic E-state index is 5.75. The van der Waals surface area contributed by atoms with E-state index in [0.717, 1.165) is 30.1 Å². The van der Waals surface area contributed by atoms with Crippen molar-refractivity contribution in [2.45, 2.75) is 32.6 Å². The lowest BCUT2D eigenvalue weighted by molar-refractivity contribution is 0.247. The molecule has 0 saturated heterocycles. The number of methoxy groups -OCH3 is 1.